The molecule has 0 spiro atoms. The Hall–Kier alpha value is 1.14. The van der Waals surface area contributed by atoms with Crippen LogP contribution in [-0.4, -0.2) is 0 Å². The molecule has 0 radical (unpaired) electrons. The molecule has 0 bridgehead atoms. The van der Waals surface area contributed by atoms with Gasteiger partial charge in [0.25, 0.3) is 0 Å². The molecule has 0 fully saturated rings. The molecular weight excluding hydrogens is 453 g/mol. The Labute approximate surface area is 126 Å². The van der Waals surface area contributed by atoms with Crippen LogP contribution in [0.4, 0.5) is 0 Å². The van der Waals surface area contributed by atoms with E-state index in [1.54, 1.807) is 7.58 Å². The summed E-state index contributed by atoms with van der Waals surface area (Å²) in [6.07, 6.45) is 16.0. The molecule has 0 aromatic carbocycles. The van der Waals surface area contributed by atoms with Crippen LogP contribution in [0.3, 0.4) is 0 Å². The Morgan fingerprint density at radius 1 is 0.786 bits per heavy atom. The fourth-order valence-corrected chi connectivity index (χ4v) is 3.89. The number of hydrogen-bond acceptors (Lipinski definition) is 0. The molecular formula is C10H13Br3Nb. The maximum atomic E-state index is 2.30. The van der Waals surface area contributed by atoms with Gasteiger partial charge in [-0.05, 0) is 0 Å². The predicted molar refractivity (Wildman–Crippen MR) is 74.6 cm³/mol. The van der Waals surface area contributed by atoms with E-state index in [4.69, 9.17) is 0 Å². The third-order valence-electron chi connectivity index (χ3n) is 1.79. The first-order chi connectivity index (χ1) is 5.45. The molecule has 4 heteroatoms. The average molecular weight is 466 g/mol. The van der Waals surface area contributed by atoms with Gasteiger partial charge in [-0.2, -0.15) is 0 Å². The Morgan fingerprint density at radius 3 is 1.50 bits per heavy atom. The Kier molecular flexibility index (Phi) is 11.7. The van der Waals surface area contributed by atoms with E-state index in [1.807, 2.05) is 0 Å². The molecule has 0 atom stereocenters. The molecule has 0 unspecified atom stereocenters. The van der Waals surface area contributed by atoms with E-state index < -0.39 is 0 Å². The summed E-state index contributed by atoms with van der Waals surface area (Å²) < 4.78 is 3.41. The van der Waals surface area contributed by atoms with Crippen LogP contribution in [0.1, 0.15) is 12.8 Å². The first kappa shape index (κ1) is 17.5. The van der Waals surface area contributed by atoms with Crippen LogP contribution in [0.25, 0.3) is 0 Å². The standard InChI is InChI=1S/2C5H5.3BrH.Nb/c2*1-2-4-5-3-1;;;;/h2*1-3H,4H2;3*1H;. The summed E-state index contributed by atoms with van der Waals surface area (Å²) in [6.45, 7) is 0. The molecule has 0 nitrogen and oxygen atoms in total. The predicted octanol–water partition coefficient (Wildman–Crippen LogP) is 4.49. The van der Waals surface area contributed by atoms with E-state index in [1.165, 1.54) is 12.8 Å². The molecule has 79 valence electrons. The van der Waals surface area contributed by atoms with Gasteiger partial charge in [-0.25, -0.2) is 0 Å². The monoisotopic (exact) mass is 463 g/mol. The van der Waals surface area contributed by atoms with E-state index in [-0.39, 0.29) is 70.7 Å². The van der Waals surface area contributed by atoms with E-state index in [0.717, 1.165) is 0 Å². The van der Waals surface area contributed by atoms with E-state index >= 15 is 0 Å². The second kappa shape index (κ2) is 9.37. The van der Waals surface area contributed by atoms with Gasteiger partial charge in [0, 0.05) is 0 Å². The van der Waals surface area contributed by atoms with Crippen molar-refractivity contribution in [2.45, 2.75) is 12.8 Å². The molecule has 0 saturated carbocycles. The Balaban J connectivity index is 0. The molecule has 2 aliphatic carbocycles. The van der Waals surface area contributed by atoms with Crippen molar-refractivity contribution in [3.63, 3.8) is 0 Å². The van der Waals surface area contributed by atoms with Gasteiger partial charge >= 0.3 is 76.6 Å². The molecule has 0 aliphatic heterocycles. The second-order valence-corrected chi connectivity index (χ2v) is 6.07. The number of allylic oxidation sites excluding steroid dienone is 8. The maximum absolute atomic E-state index is 2.30. The Morgan fingerprint density at radius 2 is 1.21 bits per heavy atom. The third-order valence-corrected chi connectivity index (χ3v) is 4.83. The summed E-state index contributed by atoms with van der Waals surface area (Å²) in [5, 5.41) is 0. The molecule has 14 heavy (non-hydrogen) atoms. The van der Waals surface area contributed by atoms with Gasteiger partial charge in [-0.15, -0.1) is 50.9 Å². The van der Waals surface area contributed by atoms with Crippen molar-refractivity contribution in [2.24, 2.45) is 0 Å². The van der Waals surface area contributed by atoms with Gasteiger partial charge in [-0.3, -0.25) is 0 Å². The SMILES string of the molecule is Br.Br.Br.C1=CC[C]([Nb][C]2=CC=CC2)=C1. The summed E-state index contributed by atoms with van der Waals surface area (Å²) in [5.74, 6) is 0. The first-order valence-electron chi connectivity index (χ1n) is 3.88. The first-order valence-corrected chi connectivity index (χ1v) is 6.08. The third kappa shape index (κ3) is 5.29. The fourth-order valence-electron chi connectivity index (χ4n) is 1.22. The van der Waals surface area contributed by atoms with E-state index in [9.17, 15) is 0 Å². The van der Waals surface area contributed by atoms with Crippen molar-refractivity contribution in [3.05, 3.63) is 44.0 Å². The summed E-state index contributed by atoms with van der Waals surface area (Å²) in [5.41, 5.74) is 0. The number of halogens is 3. The van der Waals surface area contributed by atoms with Gasteiger partial charge in [0.15, 0.2) is 0 Å². The molecule has 0 saturated heterocycles. The van der Waals surface area contributed by atoms with Crippen molar-refractivity contribution in [1.82, 2.24) is 0 Å². The molecule has 2 aliphatic rings. The quantitative estimate of drug-likeness (QED) is 0.527. The summed E-state index contributed by atoms with van der Waals surface area (Å²) in [6, 6.07) is 0. The zero-order chi connectivity index (χ0) is 7.52. The van der Waals surface area contributed by atoms with Crippen molar-refractivity contribution >= 4 is 50.9 Å². The van der Waals surface area contributed by atoms with Crippen molar-refractivity contribution in [3.8, 4) is 0 Å². The van der Waals surface area contributed by atoms with Gasteiger partial charge in [-0.1, -0.05) is 0 Å². The van der Waals surface area contributed by atoms with E-state index in [0.29, 0.717) is 0 Å². The number of rotatable bonds is 2. The number of hydrogen-bond donors (Lipinski definition) is 0. The summed E-state index contributed by atoms with van der Waals surface area (Å²) in [4.78, 5) is 0. The van der Waals surface area contributed by atoms with Gasteiger partial charge in [0.05, 0.1) is 0 Å². The van der Waals surface area contributed by atoms with Crippen LogP contribution >= 0.6 is 50.9 Å². The Bertz CT molecular complexity index is 249. The molecule has 0 N–H and O–H groups in total. The molecule has 0 amide bonds. The van der Waals surface area contributed by atoms with Crippen LogP contribution < -0.4 is 0 Å². The zero-order valence-electron chi connectivity index (χ0n) is 7.55. The molecule has 2 rings (SSSR count). The fraction of sp³-hybridized carbons (Fsp3) is 0.200. The van der Waals surface area contributed by atoms with Crippen LogP contribution in [0.2, 0.25) is 0 Å². The van der Waals surface area contributed by atoms with Crippen LogP contribution in [-0.2, 0) is 19.8 Å². The van der Waals surface area contributed by atoms with Crippen molar-refractivity contribution in [2.75, 3.05) is 0 Å². The van der Waals surface area contributed by atoms with Gasteiger partial charge < -0.3 is 0 Å². The summed E-state index contributed by atoms with van der Waals surface area (Å²) in [7, 11) is 0. The van der Waals surface area contributed by atoms with Gasteiger partial charge in [0.1, 0.15) is 0 Å². The average Bonchev–Trinajstić information content (AvgIpc) is 2.60. The minimum absolute atomic E-state index is 0. The van der Waals surface area contributed by atoms with Crippen LogP contribution in [0, 0.1) is 0 Å². The van der Waals surface area contributed by atoms with Crippen LogP contribution in [0.15, 0.2) is 44.0 Å². The topological polar surface area (TPSA) is 0 Å². The van der Waals surface area contributed by atoms with Crippen molar-refractivity contribution in [1.29, 1.82) is 0 Å². The van der Waals surface area contributed by atoms with Gasteiger partial charge in [0.2, 0.25) is 0 Å². The van der Waals surface area contributed by atoms with Crippen molar-refractivity contribution < 1.29 is 19.8 Å². The molecule has 0 aromatic rings. The normalized spacial score (nSPS) is 16.0. The molecule has 0 heterocycles. The minimum atomic E-state index is -0.136. The summed E-state index contributed by atoms with van der Waals surface area (Å²) >= 11 is -0.136. The van der Waals surface area contributed by atoms with E-state index in [2.05, 4.69) is 36.5 Å². The molecule has 0 aromatic heterocycles. The van der Waals surface area contributed by atoms with Crippen LogP contribution in [0.5, 0.6) is 0 Å². The zero-order valence-corrected chi connectivity index (χ0v) is 14.9. The second-order valence-electron chi connectivity index (χ2n) is 2.69.